The Morgan fingerprint density at radius 2 is 2.40 bits per heavy atom. The first-order chi connectivity index (χ1) is 7.31. The van der Waals surface area contributed by atoms with Crippen LogP contribution >= 0.6 is 0 Å². The normalized spacial score (nSPS) is 26.0. The number of hydrogen-bond donors (Lipinski definition) is 1. The summed E-state index contributed by atoms with van der Waals surface area (Å²) >= 11 is 0. The number of ether oxygens (including phenoxy) is 1. The summed E-state index contributed by atoms with van der Waals surface area (Å²) in [4.78, 5) is 4.38. The molecule has 5 nitrogen and oxygen atoms in total. The van der Waals surface area contributed by atoms with Crippen molar-refractivity contribution in [3.05, 3.63) is 11.7 Å². The monoisotopic (exact) mass is 211 g/mol. The predicted molar refractivity (Wildman–Crippen MR) is 54.7 cm³/mol. The van der Waals surface area contributed by atoms with E-state index in [0.29, 0.717) is 0 Å². The van der Waals surface area contributed by atoms with Gasteiger partial charge < -0.3 is 14.6 Å². The minimum absolute atomic E-state index is 0.197. The first kappa shape index (κ1) is 10.6. The summed E-state index contributed by atoms with van der Waals surface area (Å²) < 4.78 is 10.7. The highest BCUT2D eigenvalue weighted by molar-refractivity contribution is 4.99. The molecule has 0 amide bonds. The van der Waals surface area contributed by atoms with Crippen LogP contribution in [0.25, 0.3) is 0 Å². The zero-order valence-corrected chi connectivity index (χ0v) is 9.19. The Morgan fingerprint density at radius 3 is 3.07 bits per heavy atom. The van der Waals surface area contributed by atoms with Gasteiger partial charge in [0.25, 0.3) is 0 Å². The van der Waals surface area contributed by atoms with Gasteiger partial charge in [0.15, 0.2) is 5.82 Å². The largest absolute Gasteiger partial charge is 0.378 e. The highest BCUT2D eigenvalue weighted by Crippen LogP contribution is 2.29. The van der Waals surface area contributed by atoms with Gasteiger partial charge in [-0.3, -0.25) is 0 Å². The van der Waals surface area contributed by atoms with E-state index in [0.717, 1.165) is 37.7 Å². The topological polar surface area (TPSA) is 60.2 Å². The van der Waals surface area contributed by atoms with Crippen molar-refractivity contribution in [1.82, 2.24) is 15.5 Å². The highest BCUT2D eigenvalue weighted by atomic mass is 16.5. The van der Waals surface area contributed by atoms with E-state index in [1.54, 1.807) is 0 Å². The molecule has 1 aromatic heterocycles. The van der Waals surface area contributed by atoms with Crippen LogP contribution in [-0.2, 0) is 11.2 Å². The van der Waals surface area contributed by atoms with E-state index in [1.165, 1.54) is 0 Å². The SMILES string of the molecule is CNCCc1noc(C2CCOC2C)n1. The van der Waals surface area contributed by atoms with Crippen molar-refractivity contribution in [2.75, 3.05) is 20.2 Å². The Balaban J connectivity index is 1.99. The van der Waals surface area contributed by atoms with Gasteiger partial charge in [0, 0.05) is 19.6 Å². The second-order valence-corrected chi connectivity index (χ2v) is 3.87. The number of nitrogens with one attached hydrogen (secondary N) is 1. The summed E-state index contributed by atoms with van der Waals surface area (Å²) in [6.45, 7) is 3.71. The van der Waals surface area contributed by atoms with Gasteiger partial charge in [0.2, 0.25) is 5.89 Å². The molecule has 0 aromatic carbocycles. The van der Waals surface area contributed by atoms with Crippen molar-refractivity contribution in [3.8, 4) is 0 Å². The number of nitrogens with zero attached hydrogens (tertiary/aromatic N) is 2. The van der Waals surface area contributed by atoms with Gasteiger partial charge in [-0.05, 0) is 20.4 Å². The highest BCUT2D eigenvalue weighted by Gasteiger charge is 2.30. The lowest BCUT2D eigenvalue weighted by Crippen LogP contribution is -2.12. The maximum Gasteiger partial charge on any atom is 0.232 e. The third-order valence-electron chi connectivity index (χ3n) is 2.78. The molecule has 1 aliphatic heterocycles. The van der Waals surface area contributed by atoms with E-state index in [1.807, 2.05) is 7.05 Å². The Morgan fingerprint density at radius 1 is 1.53 bits per heavy atom. The average Bonchev–Trinajstić information content (AvgIpc) is 2.83. The van der Waals surface area contributed by atoms with Crippen molar-refractivity contribution in [1.29, 1.82) is 0 Å². The van der Waals surface area contributed by atoms with Crippen LogP contribution in [0.15, 0.2) is 4.52 Å². The molecule has 1 N–H and O–H groups in total. The van der Waals surface area contributed by atoms with Crippen LogP contribution in [0.4, 0.5) is 0 Å². The number of rotatable bonds is 4. The fourth-order valence-electron chi connectivity index (χ4n) is 1.81. The van der Waals surface area contributed by atoms with E-state index in [9.17, 15) is 0 Å². The van der Waals surface area contributed by atoms with Crippen LogP contribution in [0.5, 0.6) is 0 Å². The Bertz CT molecular complexity index is 313. The zero-order chi connectivity index (χ0) is 10.7. The predicted octanol–water partition coefficient (Wildman–Crippen LogP) is 0.724. The summed E-state index contributed by atoms with van der Waals surface area (Å²) in [5.74, 6) is 1.78. The maximum atomic E-state index is 5.47. The Labute approximate surface area is 89.2 Å². The molecular weight excluding hydrogens is 194 g/mol. The van der Waals surface area contributed by atoms with Gasteiger partial charge in [0.05, 0.1) is 12.0 Å². The van der Waals surface area contributed by atoms with Crippen molar-refractivity contribution in [3.63, 3.8) is 0 Å². The van der Waals surface area contributed by atoms with Gasteiger partial charge in [-0.25, -0.2) is 0 Å². The minimum Gasteiger partial charge on any atom is -0.378 e. The molecule has 0 aliphatic carbocycles. The molecule has 15 heavy (non-hydrogen) atoms. The van der Waals surface area contributed by atoms with Crippen LogP contribution in [0.3, 0.4) is 0 Å². The molecule has 1 aromatic rings. The molecule has 2 unspecified atom stereocenters. The second kappa shape index (κ2) is 4.72. The van der Waals surface area contributed by atoms with Crippen LogP contribution in [0, 0.1) is 0 Å². The summed E-state index contributed by atoms with van der Waals surface area (Å²) in [6.07, 6.45) is 1.99. The van der Waals surface area contributed by atoms with Crippen molar-refractivity contribution in [2.24, 2.45) is 0 Å². The molecule has 5 heteroatoms. The van der Waals surface area contributed by atoms with Gasteiger partial charge >= 0.3 is 0 Å². The second-order valence-electron chi connectivity index (χ2n) is 3.87. The molecule has 2 rings (SSSR count). The maximum absolute atomic E-state index is 5.47. The van der Waals surface area contributed by atoms with Gasteiger partial charge in [-0.2, -0.15) is 4.98 Å². The molecule has 1 saturated heterocycles. The van der Waals surface area contributed by atoms with Gasteiger partial charge in [0.1, 0.15) is 0 Å². The van der Waals surface area contributed by atoms with Gasteiger partial charge in [-0.1, -0.05) is 5.16 Å². The van der Waals surface area contributed by atoms with Crippen molar-refractivity contribution in [2.45, 2.75) is 31.8 Å². The van der Waals surface area contributed by atoms with Crippen LogP contribution < -0.4 is 5.32 Å². The summed E-state index contributed by atoms with van der Waals surface area (Å²) in [5.41, 5.74) is 0. The van der Waals surface area contributed by atoms with E-state index in [4.69, 9.17) is 9.26 Å². The molecule has 1 aliphatic rings. The molecule has 84 valence electrons. The lowest BCUT2D eigenvalue weighted by atomic mass is 10.0. The average molecular weight is 211 g/mol. The van der Waals surface area contributed by atoms with Crippen LogP contribution in [0.2, 0.25) is 0 Å². The molecule has 1 fully saturated rings. The quantitative estimate of drug-likeness (QED) is 0.795. The lowest BCUT2D eigenvalue weighted by molar-refractivity contribution is 0.113. The molecule has 0 saturated carbocycles. The molecule has 2 atom stereocenters. The Kier molecular flexibility index (Phi) is 3.33. The zero-order valence-electron chi connectivity index (χ0n) is 9.19. The van der Waals surface area contributed by atoms with E-state index < -0.39 is 0 Å². The van der Waals surface area contributed by atoms with Crippen molar-refractivity contribution < 1.29 is 9.26 Å². The molecule has 2 heterocycles. The van der Waals surface area contributed by atoms with Gasteiger partial charge in [-0.15, -0.1) is 0 Å². The minimum atomic E-state index is 0.197. The number of hydrogen-bond acceptors (Lipinski definition) is 5. The van der Waals surface area contributed by atoms with E-state index in [2.05, 4.69) is 22.4 Å². The molecule has 0 radical (unpaired) electrons. The summed E-state index contributed by atoms with van der Waals surface area (Å²) in [6, 6.07) is 0. The summed E-state index contributed by atoms with van der Waals surface area (Å²) in [5, 5.41) is 7.01. The standard InChI is InChI=1S/C10H17N3O2/c1-7-8(4-6-14-7)10-12-9(13-15-10)3-5-11-2/h7-8,11H,3-6H2,1-2H3. The fourth-order valence-corrected chi connectivity index (χ4v) is 1.81. The first-order valence-corrected chi connectivity index (χ1v) is 5.40. The molecule has 0 bridgehead atoms. The van der Waals surface area contributed by atoms with Crippen LogP contribution in [0.1, 0.15) is 31.0 Å². The van der Waals surface area contributed by atoms with E-state index in [-0.39, 0.29) is 12.0 Å². The fraction of sp³-hybridized carbons (Fsp3) is 0.800. The number of likely N-dealkylation sites (N-methyl/N-ethyl adjacent to an activating group) is 1. The smallest absolute Gasteiger partial charge is 0.232 e. The lowest BCUT2D eigenvalue weighted by Gasteiger charge is -2.07. The Hall–Kier alpha value is -0.940. The number of aromatic nitrogens is 2. The molecule has 0 spiro atoms. The summed E-state index contributed by atoms with van der Waals surface area (Å²) in [7, 11) is 1.91. The first-order valence-electron chi connectivity index (χ1n) is 5.40. The van der Waals surface area contributed by atoms with E-state index >= 15 is 0 Å². The third-order valence-corrected chi connectivity index (χ3v) is 2.78. The van der Waals surface area contributed by atoms with Crippen LogP contribution in [-0.4, -0.2) is 36.4 Å². The third kappa shape index (κ3) is 2.35. The van der Waals surface area contributed by atoms with Crippen molar-refractivity contribution >= 4 is 0 Å². The molecular formula is C10H17N3O2.